The third-order valence-corrected chi connectivity index (χ3v) is 6.02. The fourth-order valence-electron chi connectivity index (χ4n) is 2.22. The first-order chi connectivity index (χ1) is 11.6. The van der Waals surface area contributed by atoms with Crippen molar-refractivity contribution in [3.05, 3.63) is 63.6 Å². The summed E-state index contributed by atoms with van der Waals surface area (Å²) < 4.78 is 25.5. The number of hydrogen-bond acceptors (Lipinski definition) is 3. The number of amides is 1. The number of rotatable bonds is 5. The van der Waals surface area contributed by atoms with E-state index in [1.807, 2.05) is 0 Å². The van der Waals surface area contributed by atoms with Gasteiger partial charge in [-0.2, -0.15) is 0 Å². The second-order valence-corrected chi connectivity index (χ2v) is 8.67. The molecule has 0 heterocycles. The first-order valence-electron chi connectivity index (χ1n) is 7.41. The molecular formula is C17H18Cl2N2O3S. The molecule has 0 aliphatic rings. The minimum absolute atomic E-state index is 0.0577. The SMILES string of the molecule is CC(NC(=O)c1cccc(S(=O)(=O)N(C)C)c1)c1ccc(Cl)cc1Cl. The standard InChI is InChI=1S/C17H18Cl2N2O3S/c1-11(15-8-7-13(18)10-16(15)19)20-17(22)12-5-4-6-14(9-12)25(23,24)21(2)3/h4-11H,1-3H3,(H,20,22). The molecule has 25 heavy (non-hydrogen) atoms. The normalized spacial score (nSPS) is 12.9. The van der Waals surface area contributed by atoms with Gasteiger partial charge in [-0.25, -0.2) is 12.7 Å². The molecule has 1 N–H and O–H groups in total. The maximum atomic E-state index is 12.5. The Kier molecular flexibility index (Phi) is 6.11. The number of halogens is 2. The van der Waals surface area contributed by atoms with E-state index in [4.69, 9.17) is 23.2 Å². The number of sulfonamides is 1. The van der Waals surface area contributed by atoms with Gasteiger partial charge in [0.2, 0.25) is 10.0 Å². The van der Waals surface area contributed by atoms with Crippen molar-refractivity contribution >= 4 is 39.1 Å². The number of nitrogens with zero attached hydrogens (tertiary/aromatic N) is 1. The Balaban J connectivity index is 2.24. The Labute approximate surface area is 157 Å². The molecule has 2 aromatic carbocycles. The van der Waals surface area contributed by atoms with E-state index in [1.165, 1.54) is 32.3 Å². The fraction of sp³-hybridized carbons (Fsp3) is 0.235. The lowest BCUT2D eigenvalue weighted by Gasteiger charge is -2.17. The highest BCUT2D eigenvalue weighted by Crippen LogP contribution is 2.26. The smallest absolute Gasteiger partial charge is 0.251 e. The van der Waals surface area contributed by atoms with Gasteiger partial charge in [-0.1, -0.05) is 35.3 Å². The summed E-state index contributed by atoms with van der Waals surface area (Å²) in [6.45, 7) is 1.79. The van der Waals surface area contributed by atoms with Gasteiger partial charge < -0.3 is 5.32 Å². The summed E-state index contributed by atoms with van der Waals surface area (Å²) in [5, 5.41) is 3.76. The van der Waals surface area contributed by atoms with Gasteiger partial charge in [-0.3, -0.25) is 4.79 Å². The van der Waals surface area contributed by atoms with Crippen LogP contribution in [0.25, 0.3) is 0 Å². The van der Waals surface area contributed by atoms with Crippen LogP contribution in [0.4, 0.5) is 0 Å². The van der Waals surface area contributed by atoms with Crippen LogP contribution in [-0.2, 0) is 10.0 Å². The van der Waals surface area contributed by atoms with Crippen molar-refractivity contribution in [3.63, 3.8) is 0 Å². The van der Waals surface area contributed by atoms with Crippen LogP contribution in [0.5, 0.6) is 0 Å². The van der Waals surface area contributed by atoms with Gasteiger partial charge in [0.25, 0.3) is 5.91 Å². The van der Waals surface area contributed by atoms with Gasteiger partial charge in [0.15, 0.2) is 0 Å². The summed E-state index contributed by atoms with van der Waals surface area (Å²) in [6, 6.07) is 10.5. The van der Waals surface area contributed by atoms with Crippen molar-refractivity contribution in [2.75, 3.05) is 14.1 Å². The molecule has 0 aromatic heterocycles. The van der Waals surface area contributed by atoms with Gasteiger partial charge in [-0.15, -0.1) is 0 Å². The van der Waals surface area contributed by atoms with Gasteiger partial charge in [0.1, 0.15) is 0 Å². The van der Waals surface area contributed by atoms with E-state index >= 15 is 0 Å². The Hall–Kier alpha value is -1.60. The van der Waals surface area contributed by atoms with Crippen LogP contribution in [0.1, 0.15) is 28.9 Å². The van der Waals surface area contributed by atoms with Gasteiger partial charge in [0.05, 0.1) is 10.9 Å². The number of carbonyl (C=O) groups excluding carboxylic acids is 1. The van der Waals surface area contributed by atoms with E-state index in [1.54, 1.807) is 31.2 Å². The highest BCUT2D eigenvalue weighted by atomic mass is 35.5. The van der Waals surface area contributed by atoms with E-state index in [0.29, 0.717) is 10.0 Å². The molecule has 0 bridgehead atoms. The molecule has 8 heteroatoms. The van der Waals surface area contributed by atoms with Crippen LogP contribution in [0.2, 0.25) is 10.0 Å². The van der Waals surface area contributed by atoms with Crippen molar-refractivity contribution in [3.8, 4) is 0 Å². The maximum Gasteiger partial charge on any atom is 0.251 e. The zero-order valence-electron chi connectivity index (χ0n) is 14.0. The molecule has 2 rings (SSSR count). The maximum absolute atomic E-state index is 12.5. The molecule has 0 radical (unpaired) electrons. The molecule has 0 saturated heterocycles. The Bertz CT molecular complexity index is 899. The Morgan fingerprint density at radius 3 is 2.40 bits per heavy atom. The Morgan fingerprint density at radius 1 is 1.12 bits per heavy atom. The van der Waals surface area contributed by atoms with Gasteiger partial charge in [-0.05, 0) is 42.8 Å². The molecule has 0 spiro atoms. The summed E-state index contributed by atoms with van der Waals surface area (Å²) in [7, 11) is -0.733. The van der Waals surface area contributed by atoms with E-state index in [-0.39, 0.29) is 16.5 Å². The molecule has 1 atom stereocenters. The van der Waals surface area contributed by atoms with E-state index in [9.17, 15) is 13.2 Å². The van der Waals surface area contributed by atoms with Gasteiger partial charge >= 0.3 is 0 Å². The summed E-state index contributed by atoms with van der Waals surface area (Å²) >= 11 is 12.0. The lowest BCUT2D eigenvalue weighted by molar-refractivity contribution is 0.0939. The average Bonchev–Trinajstić information content (AvgIpc) is 2.54. The molecule has 1 amide bonds. The Morgan fingerprint density at radius 2 is 1.80 bits per heavy atom. The highest BCUT2D eigenvalue weighted by molar-refractivity contribution is 7.89. The van der Waals surface area contributed by atoms with E-state index in [2.05, 4.69) is 5.32 Å². The van der Waals surface area contributed by atoms with Crippen molar-refractivity contribution < 1.29 is 13.2 Å². The molecule has 0 aliphatic heterocycles. The van der Waals surface area contributed by atoms with Crippen molar-refractivity contribution in [1.82, 2.24) is 9.62 Å². The van der Waals surface area contributed by atoms with Gasteiger partial charge in [0, 0.05) is 29.7 Å². The molecule has 0 saturated carbocycles. The zero-order chi connectivity index (χ0) is 18.8. The third kappa shape index (κ3) is 4.52. The lowest BCUT2D eigenvalue weighted by Crippen LogP contribution is -2.27. The summed E-state index contributed by atoms with van der Waals surface area (Å²) in [5.41, 5.74) is 0.969. The summed E-state index contributed by atoms with van der Waals surface area (Å²) in [6.07, 6.45) is 0. The average molecular weight is 401 g/mol. The van der Waals surface area contributed by atoms with Crippen molar-refractivity contribution in [2.45, 2.75) is 17.9 Å². The zero-order valence-corrected chi connectivity index (χ0v) is 16.3. The van der Waals surface area contributed by atoms with Crippen molar-refractivity contribution in [1.29, 1.82) is 0 Å². The van der Waals surface area contributed by atoms with Crippen LogP contribution in [0.3, 0.4) is 0 Å². The molecule has 134 valence electrons. The minimum atomic E-state index is -3.61. The van der Waals surface area contributed by atoms with Crippen molar-refractivity contribution in [2.24, 2.45) is 0 Å². The molecule has 5 nitrogen and oxygen atoms in total. The molecular weight excluding hydrogens is 383 g/mol. The van der Waals surface area contributed by atoms with E-state index in [0.717, 1.165) is 9.87 Å². The monoisotopic (exact) mass is 400 g/mol. The molecule has 0 aliphatic carbocycles. The fourth-order valence-corrected chi connectivity index (χ4v) is 3.74. The second kappa shape index (κ2) is 7.74. The molecule has 2 aromatic rings. The van der Waals surface area contributed by atoms with E-state index < -0.39 is 15.9 Å². The summed E-state index contributed by atoms with van der Waals surface area (Å²) in [4.78, 5) is 12.5. The van der Waals surface area contributed by atoms with Crippen LogP contribution < -0.4 is 5.32 Å². The topological polar surface area (TPSA) is 66.5 Å². The third-order valence-electron chi connectivity index (χ3n) is 3.65. The predicted octanol–water partition coefficient (Wildman–Crippen LogP) is 3.73. The van der Waals surface area contributed by atoms with Crippen LogP contribution >= 0.6 is 23.2 Å². The first-order valence-corrected chi connectivity index (χ1v) is 9.61. The number of benzene rings is 2. The van der Waals surface area contributed by atoms with Crippen LogP contribution in [0, 0.1) is 0 Å². The quantitative estimate of drug-likeness (QED) is 0.830. The molecule has 0 fully saturated rings. The highest BCUT2D eigenvalue weighted by Gasteiger charge is 2.20. The number of carbonyl (C=O) groups is 1. The number of nitrogens with one attached hydrogen (secondary N) is 1. The predicted molar refractivity (Wildman–Crippen MR) is 99.7 cm³/mol. The lowest BCUT2D eigenvalue weighted by atomic mass is 10.1. The second-order valence-electron chi connectivity index (χ2n) is 5.68. The number of hydrogen-bond donors (Lipinski definition) is 1. The minimum Gasteiger partial charge on any atom is -0.345 e. The van der Waals surface area contributed by atoms with Crippen LogP contribution in [0.15, 0.2) is 47.4 Å². The summed E-state index contributed by atoms with van der Waals surface area (Å²) in [5.74, 6) is -0.394. The van der Waals surface area contributed by atoms with Crippen LogP contribution in [-0.4, -0.2) is 32.7 Å². The molecule has 1 unspecified atom stereocenters. The largest absolute Gasteiger partial charge is 0.345 e. The first kappa shape index (κ1) is 19.7.